The van der Waals surface area contributed by atoms with Crippen LogP contribution in [0, 0.1) is 24.7 Å². The van der Waals surface area contributed by atoms with Crippen LogP contribution in [0.2, 0.25) is 0 Å². The van der Waals surface area contributed by atoms with Crippen LogP contribution in [-0.2, 0) is 20.1 Å². The van der Waals surface area contributed by atoms with Crippen LogP contribution in [0.5, 0.6) is 0 Å². The van der Waals surface area contributed by atoms with Crippen molar-refractivity contribution in [2.75, 3.05) is 24.5 Å². The molecule has 4 heterocycles. The predicted octanol–water partition coefficient (Wildman–Crippen LogP) is 2.28. The van der Waals surface area contributed by atoms with Gasteiger partial charge < -0.3 is 20.5 Å². The molecular formula is C32H38N8O3. The van der Waals surface area contributed by atoms with Crippen LogP contribution in [0.4, 0.5) is 5.82 Å². The van der Waals surface area contributed by atoms with Gasteiger partial charge in [-0.15, -0.1) is 5.92 Å². The minimum Gasteiger partial charge on any atom is -0.356 e. The summed E-state index contributed by atoms with van der Waals surface area (Å²) in [5, 5.41) is 4.02. The van der Waals surface area contributed by atoms with Gasteiger partial charge in [0.1, 0.15) is 22.7 Å². The van der Waals surface area contributed by atoms with Crippen molar-refractivity contribution >= 4 is 33.7 Å². The maximum absolute atomic E-state index is 14.3. The number of nitrogens with one attached hydrogen (secondary N) is 1. The summed E-state index contributed by atoms with van der Waals surface area (Å²) >= 11 is 0. The van der Waals surface area contributed by atoms with Crippen LogP contribution in [0.25, 0.3) is 21.9 Å². The lowest BCUT2D eigenvalue weighted by atomic mass is 9.85. The van der Waals surface area contributed by atoms with Gasteiger partial charge in [0.05, 0.1) is 24.1 Å². The Kier molecular flexibility index (Phi) is 7.79. The molecule has 0 spiro atoms. The highest BCUT2D eigenvalue weighted by Crippen LogP contribution is 2.33. The molecule has 224 valence electrons. The second kappa shape index (κ2) is 11.7. The number of rotatable bonds is 7. The standard InChI is InChI=1S/C32H38N8O3/c1-4-5-16-39-28-27(26(29(41)34-17-21-10-8-11-21)30(39)38-15-9-12-22(33)18-38)37(3)32(43)40(31(28)42)19-25-35-20(2)23-13-6-7-14-24(23)36-25/h6-7,13-14,21-22H,8-12,15-19,33H2,1-3H3,(H,34,41)/t22-/m1/s1. The zero-order valence-corrected chi connectivity index (χ0v) is 25.0. The highest BCUT2D eigenvalue weighted by molar-refractivity contribution is 6.11. The van der Waals surface area contributed by atoms with E-state index in [9.17, 15) is 14.4 Å². The van der Waals surface area contributed by atoms with E-state index >= 15 is 0 Å². The van der Waals surface area contributed by atoms with Crippen molar-refractivity contribution in [3.8, 4) is 11.8 Å². The van der Waals surface area contributed by atoms with Crippen LogP contribution < -0.4 is 27.2 Å². The second-order valence-electron chi connectivity index (χ2n) is 11.7. The van der Waals surface area contributed by atoms with E-state index in [1.807, 2.05) is 31.2 Å². The molecule has 1 aliphatic heterocycles. The number of para-hydroxylation sites is 1. The van der Waals surface area contributed by atoms with Gasteiger partial charge in [-0.05, 0) is 51.5 Å². The van der Waals surface area contributed by atoms with Crippen molar-refractivity contribution in [3.63, 3.8) is 0 Å². The van der Waals surface area contributed by atoms with Crippen molar-refractivity contribution in [2.24, 2.45) is 18.7 Å². The molecule has 3 aromatic heterocycles. The van der Waals surface area contributed by atoms with Crippen LogP contribution >= 0.6 is 0 Å². The van der Waals surface area contributed by atoms with Crippen molar-refractivity contribution in [1.29, 1.82) is 0 Å². The van der Waals surface area contributed by atoms with Crippen LogP contribution in [0.3, 0.4) is 0 Å². The van der Waals surface area contributed by atoms with Crippen LogP contribution in [0.15, 0.2) is 33.9 Å². The number of piperidine rings is 1. The third-order valence-corrected chi connectivity index (χ3v) is 8.83. The molecule has 0 radical (unpaired) electrons. The zero-order valence-electron chi connectivity index (χ0n) is 25.0. The lowest BCUT2D eigenvalue weighted by Crippen LogP contribution is -2.44. The molecule has 1 aliphatic carbocycles. The molecule has 0 bridgehead atoms. The number of benzene rings is 1. The van der Waals surface area contributed by atoms with E-state index in [2.05, 4.69) is 32.0 Å². The molecular weight excluding hydrogens is 544 g/mol. The van der Waals surface area contributed by atoms with Gasteiger partial charge in [-0.3, -0.25) is 18.7 Å². The number of anilines is 1. The second-order valence-corrected chi connectivity index (χ2v) is 11.7. The number of carbonyl (C=O) groups excluding carboxylic acids is 1. The first kappa shape index (κ1) is 28.7. The Hall–Kier alpha value is -4.43. The smallest absolute Gasteiger partial charge is 0.331 e. The van der Waals surface area contributed by atoms with Gasteiger partial charge in [-0.1, -0.05) is 30.5 Å². The molecule has 1 saturated heterocycles. The van der Waals surface area contributed by atoms with E-state index in [0.29, 0.717) is 48.3 Å². The number of amides is 1. The maximum Gasteiger partial charge on any atom is 0.331 e. The number of hydrogen-bond acceptors (Lipinski definition) is 7. The fraction of sp³-hybridized carbons (Fsp3) is 0.469. The fourth-order valence-electron chi connectivity index (χ4n) is 6.35. The lowest BCUT2D eigenvalue weighted by Gasteiger charge is -2.33. The van der Waals surface area contributed by atoms with Crippen molar-refractivity contribution in [2.45, 2.75) is 65.1 Å². The number of aryl methyl sites for hydroxylation is 2. The average molecular weight is 583 g/mol. The SMILES string of the molecule is CC#CCn1c(N2CCC[C@@H](N)C2)c(C(=O)NCC2CCC2)c2c1c(=O)n(Cc1nc(C)c3ccccc3n1)c(=O)n2C. The Balaban J connectivity index is 1.57. The Morgan fingerprint density at radius 1 is 1.09 bits per heavy atom. The number of nitrogens with zero attached hydrogens (tertiary/aromatic N) is 6. The van der Waals surface area contributed by atoms with Gasteiger partial charge in [0.2, 0.25) is 0 Å². The predicted molar refractivity (Wildman–Crippen MR) is 167 cm³/mol. The summed E-state index contributed by atoms with van der Waals surface area (Å²) < 4.78 is 4.36. The molecule has 1 aromatic carbocycles. The Morgan fingerprint density at radius 3 is 2.60 bits per heavy atom. The summed E-state index contributed by atoms with van der Waals surface area (Å²) in [6.45, 7) is 5.47. The average Bonchev–Trinajstić information content (AvgIpc) is 3.31. The molecule has 1 amide bonds. The van der Waals surface area contributed by atoms with Gasteiger partial charge in [0.15, 0.2) is 0 Å². The number of hydrogen-bond donors (Lipinski definition) is 2. The van der Waals surface area contributed by atoms with E-state index in [1.54, 1.807) is 18.5 Å². The normalized spacial score (nSPS) is 17.1. The Labute approximate surface area is 249 Å². The van der Waals surface area contributed by atoms with Gasteiger partial charge in [0, 0.05) is 43.8 Å². The quantitative estimate of drug-likeness (QED) is 0.320. The Morgan fingerprint density at radius 2 is 1.88 bits per heavy atom. The summed E-state index contributed by atoms with van der Waals surface area (Å²) in [4.78, 5) is 53.6. The minimum atomic E-state index is -0.541. The highest BCUT2D eigenvalue weighted by atomic mass is 16.2. The first-order valence-corrected chi connectivity index (χ1v) is 15.0. The summed E-state index contributed by atoms with van der Waals surface area (Å²) in [5.74, 6) is 7.11. The zero-order chi connectivity index (χ0) is 30.2. The van der Waals surface area contributed by atoms with Crippen molar-refractivity contribution in [3.05, 3.63) is 62.2 Å². The van der Waals surface area contributed by atoms with Gasteiger partial charge in [-0.2, -0.15) is 0 Å². The van der Waals surface area contributed by atoms with E-state index in [1.165, 1.54) is 11.0 Å². The first-order chi connectivity index (χ1) is 20.8. The Bertz CT molecular complexity index is 1900. The van der Waals surface area contributed by atoms with E-state index in [4.69, 9.17) is 5.73 Å². The van der Waals surface area contributed by atoms with Gasteiger partial charge in [-0.25, -0.2) is 14.8 Å². The third kappa shape index (κ3) is 5.20. The van der Waals surface area contributed by atoms with Gasteiger partial charge in [0.25, 0.3) is 11.5 Å². The number of aromatic nitrogens is 5. The summed E-state index contributed by atoms with van der Waals surface area (Å²) in [7, 11) is 1.61. The van der Waals surface area contributed by atoms with Crippen LogP contribution in [-0.4, -0.2) is 55.3 Å². The maximum atomic E-state index is 14.3. The summed E-state index contributed by atoms with van der Waals surface area (Å²) in [5.41, 5.74) is 7.73. The van der Waals surface area contributed by atoms with E-state index in [-0.39, 0.29) is 30.6 Å². The molecule has 2 aliphatic rings. The molecule has 2 fully saturated rings. The van der Waals surface area contributed by atoms with Crippen molar-refractivity contribution < 1.29 is 4.79 Å². The molecule has 1 saturated carbocycles. The number of nitrogens with two attached hydrogens (primary N) is 1. The molecule has 0 unspecified atom stereocenters. The van der Waals surface area contributed by atoms with Crippen molar-refractivity contribution in [1.82, 2.24) is 29.0 Å². The molecule has 43 heavy (non-hydrogen) atoms. The monoisotopic (exact) mass is 582 g/mol. The molecule has 3 N–H and O–H groups in total. The van der Waals surface area contributed by atoms with Gasteiger partial charge >= 0.3 is 5.69 Å². The molecule has 11 heteroatoms. The lowest BCUT2D eigenvalue weighted by molar-refractivity contribution is 0.0940. The van der Waals surface area contributed by atoms with E-state index in [0.717, 1.165) is 46.8 Å². The largest absolute Gasteiger partial charge is 0.356 e. The summed E-state index contributed by atoms with van der Waals surface area (Å²) in [6.07, 6.45) is 5.07. The topological polar surface area (TPSA) is 133 Å². The fourth-order valence-corrected chi connectivity index (χ4v) is 6.35. The first-order valence-electron chi connectivity index (χ1n) is 15.0. The number of fused-ring (bicyclic) bond motifs is 2. The molecule has 4 aromatic rings. The molecule has 6 rings (SSSR count). The minimum absolute atomic E-state index is 0.0721. The number of carbonyl (C=O) groups is 1. The molecule has 1 atom stereocenters. The highest BCUT2D eigenvalue weighted by Gasteiger charge is 2.33. The third-order valence-electron chi connectivity index (χ3n) is 8.83. The van der Waals surface area contributed by atoms with Crippen LogP contribution in [0.1, 0.15) is 60.9 Å². The molecule has 11 nitrogen and oxygen atoms in total. The summed E-state index contributed by atoms with van der Waals surface area (Å²) in [6, 6.07) is 7.57. The van der Waals surface area contributed by atoms with E-state index < -0.39 is 11.2 Å².